The van der Waals surface area contributed by atoms with E-state index in [2.05, 4.69) is 5.32 Å². The number of hydrogen-bond acceptors (Lipinski definition) is 5. The fourth-order valence-electron chi connectivity index (χ4n) is 1.60. The summed E-state index contributed by atoms with van der Waals surface area (Å²) in [7, 11) is -3.23. The fourth-order valence-corrected chi connectivity index (χ4v) is 2.23. The maximum Gasteiger partial charge on any atom is 0.237 e. The number of nitrogens with two attached hydrogens (primary N) is 2. The van der Waals surface area contributed by atoms with Gasteiger partial charge in [0.2, 0.25) is 11.8 Å². The molecule has 0 aromatic heterocycles. The number of amides is 2. The molecule has 0 saturated carbocycles. The summed E-state index contributed by atoms with van der Waals surface area (Å²) in [4.78, 5) is 22.5. The van der Waals surface area contributed by atoms with E-state index in [1.54, 1.807) is 12.1 Å². The van der Waals surface area contributed by atoms with Crippen LogP contribution in [0.25, 0.3) is 0 Å². The van der Waals surface area contributed by atoms with Crippen molar-refractivity contribution in [3.05, 3.63) is 29.8 Å². The Morgan fingerprint density at radius 1 is 1.24 bits per heavy atom. The van der Waals surface area contributed by atoms with Gasteiger partial charge in [-0.1, -0.05) is 12.1 Å². The molecule has 1 aromatic carbocycles. The Balaban J connectivity index is 2.51. The summed E-state index contributed by atoms with van der Waals surface area (Å²) in [5, 5.41) is 2.62. The molecule has 5 N–H and O–H groups in total. The van der Waals surface area contributed by atoms with E-state index < -0.39 is 21.8 Å². The van der Waals surface area contributed by atoms with Gasteiger partial charge < -0.3 is 16.8 Å². The van der Waals surface area contributed by atoms with Crippen LogP contribution >= 0.6 is 0 Å². The normalized spacial score (nSPS) is 12.7. The van der Waals surface area contributed by atoms with Crippen LogP contribution in [-0.4, -0.2) is 32.5 Å². The van der Waals surface area contributed by atoms with Crippen molar-refractivity contribution < 1.29 is 18.0 Å². The first-order valence-corrected chi connectivity index (χ1v) is 8.20. The van der Waals surface area contributed by atoms with Crippen molar-refractivity contribution in [2.45, 2.75) is 30.3 Å². The lowest BCUT2D eigenvalue weighted by Crippen LogP contribution is -2.40. The number of primary amides is 1. The molecule has 2 amide bonds. The maximum atomic E-state index is 11.7. The molecule has 8 heteroatoms. The lowest BCUT2D eigenvalue weighted by Gasteiger charge is -2.11. The fraction of sp³-hybridized carbons (Fsp3) is 0.385. The minimum Gasteiger partial charge on any atom is -0.370 e. The molecule has 0 radical (unpaired) electrons. The number of carbonyl (C=O) groups is 2. The zero-order valence-corrected chi connectivity index (χ0v) is 12.5. The van der Waals surface area contributed by atoms with E-state index in [9.17, 15) is 18.0 Å². The molecule has 0 unspecified atom stereocenters. The van der Waals surface area contributed by atoms with Gasteiger partial charge in [-0.2, -0.15) is 0 Å². The quantitative estimate of drug-likeness (QED) is 0.612. The molecule has 1 aromatic rings. The molecular formula is C13H19N3O4S. The van der Waals surface area contributed by atoms with Crippen LogP contribution in [0.2, 0.25) is 0 Å². The van der Waals surface area contributed by atoms with Gasteiger partial charge in [-0.25, -0.2) is 8.42 Å². The number of benzene rings is 1. The molecule has 0 aliphatic rings. The number of nitrogens with one attached hydrogen (secondary N) is 1. The zero-order chi connectivity index (χ0) is 16.0. The highest BCUT2D eigenvalue weighted by Crippen LogP contribution is 2.10. The topological polar surface area (TPSA) is 132 Å². The Morgan fingerprint density at radius 3 is 2.29 bits per heavy atom. The summed E-state index contributed by atoms with van der Waals surface area (Å²) in [5.74, 6) is -0.891. The van der Waals surface area contributed by atoms with E-state index in [1.165, 1.54) is 12.1 Å². The summed E-state index contributed by atoms with van der Waals surface area (Å²) in [5.41, 5.74) is 11.3. The van der Waals surface area contributed by atoms with Crippen LogP contribution in [0.4, 0.5) is 0 Å². The first kappa shape index (κ1) is 17.1. The summed E-state index contributed by atoms with van der Waals surface area (Å²) < 4.78 is 22.6. The molecule has 0 bridgehead atoms. The van der Waals surface area contributed by atoms with Crippen molar-refractivity contribution in [1.29, 1.82) is 0 Å². The molecule has 21 heavy (non-hydrogen) atoms. The van der Waals surface area contributed by atoms with Crippen LogP contribution in [0.15, 0.2) is 29.2 Å². The third kappa shape index (κ3) is 5.92. The Hall–Kier alpha value is -1.93. The average Bonchev–Trinajstić information content (AvgIpc) is 2.41. The second-order valence-electron chi connectivity index (χ2n) is 4.75. The van der Waals surface area contributed by atoms with Crippen LogP contribution < -0.4 is 16.8 Å². The molecule has 0 heterocycles. The third-order valence-electron chi connectivity index (χ3n) is 2.86. The standard InChI is InChI=1S/C13H19N3O4S/c1-21(19,20)10-4-2-9(3-5-10)8-16-13(18)11(14)6-7-12(15)17/h2-5,11H,6-8,14H2,1H3,(H2,15,17)(H,16,18)/t11-/m0/s1. The third-order valence-corrected chi connectivity index (χ3v) is 3.99. The first-order valence-electron chi connectivity index (χ1n) is 6.30. The van der Waals surface area contributed by atoms with Crippen LogP contribution in [0.5, 0.6) is 0 Å². The van der Waals surface area contributed by atoms with Gasteiger partial charge in [-0.3, -0.25) is 9.59 Å². The second kappa shape index (κ2) is 7.19. The Bertz CT molecular complexity index is 611. The van der Waals surface area contributed by atoms with Gasteiger partial charge >= 0.3 is 0 Å². The highest BCUT2D eigenvalue weighted by Gasteiger charge is 2.14. The van der Waals surface area contributed by atoms with Crippen LogP contribution in [0, 0.1) is 0 Å². The van der Waals surface area contributed by atoms with Gasteiger partial charge in [0.05, 0.1) is 10.9 Å². The summed E-state index contributed by atoms with van der Waals surface area (Å²) in [6, 6.07) is 5.39. The highest BCUT2D eigenvalue weighted by atomic mass is 32.2. The van der Waals surface area contributed by atoms with Crippen molar-refractivity contribution in [1.82, 2.24) is 5.32 Å². The largest absolute Gasteiger partial charge is 0.370 e. The SMILES string of the molecule is CS(=O)(=O)c1ccc(CNC(=O)[C@@H](N)CCC(N)=O)cc1. The summed E-state index contributed by atoms with van der Waals surface area (Å²) in [6.45, 7) is 0.229. The lowest BCUT2D eigenvalue weighted by molar-refractivity contribution is -0.123. The molecule has 116 valence electrons. The smallest absolute Gasteiger partial charge is 0.237 e. The minimum absolute atomic E-state index is 0.0532. The number of sulfone groups is 1. The molecule has 1 rings (SSSR count). The van der Waals surface area contributed by atoms with Crippen molar-refractivity contribution in [3.63, 3.8) is 0 Å². The van der Waals surface area contributed by atoms with Crippen LogP contribution in [-0.2, 0) is 26.0 Å². The van der Waals surface area contributed by atoms with Crippen molar-refractivity contribution in [2.24, 2.45) is 11.5 Å². The monoisotopic (exact) mass is 313 g/mol. The van der Waals surface area contributed by atoms with Crippen molar-refractivity contribution >= 4 is 21.7 Å². The van der Waals surface area contributed by atoms with E-state index in [0.717, 1.165) is 11.8 Å². The van der Waals surface area contributed by atoms with E-state index >= 15 is 0 Å². The minimum atomic E-state index is -3.23. The van der Waals surface area contributed by atoms with Crippen molar-refractivity contribution in [3.8, 4) is 0 Å². The van der Waals surface area contributed by atoms with Gasteiger partial charge in [0.1, 0.15) is 0 Å². The number of carbonyl (C=O) groups excluding carboxylic acids is 2. The van der Waals surface area contributed by atoms with Gasteiger partial charge in [0.15, 0.2) is 9.84 Å². The van der Waals surface area contributed by atoms with E-state index in [0.29, 0.717) is 0 Å². The molecule has 0 saturated heterocycles. The van der Waals surface area contributed by atoms with Gasteiger partial charge in [-0.15, -0.1) is 0 Å². The van der Waals surface area contributed by atoms with E-state index in [-0.39, 0.29) is 30.2 Å². The molecular weight excluding hydrogens is 294 g/mol. The summed E-state index contributed by atoms with van der Waals surface area (Å²) >= 11 is 0. The van der Waals surface area contributed by atoms with Crippen molar-refractivity contribution in [2.75, 3.05) is 6.26 Å². The van der Waals surface area contributed by atoms with E-state index in [1.807, 2.05) is 0 Å². The maximum absolute atomic E-state index is 11.7. The summed E-state index contributed by atoms with van der Waals surface area (Å²) in [6.07, 6.45) is 1.37. The Kier molecular flexibility index (Phi) is 5.86. The van der Waals surface area contributed by atoms with Crippen LogP contribution in [0.1, 0.15) is 18.4 Å². The molecule has 7 nitrogen and oxygen atoms in total. The first-order chi connectivity index (χ1) is 9.70. The number of hydrogen-bond donors (Lipinski definition) is 3. The lowest BCUT2D eigenvalue weighted by atomic mass is 10.1. The van der Waals surface area contributed by atoms with Gasteiger partial charge in [0.25, 0.3) is 0 Å². The molecule has 0 aliphatic heterocycles. The second-order valence-corrected chi connectivity index (χ2v) is 6.76. The molecule has 0 aliphatic carbocycles. The molecule has 0 spiro atoms. The predicted molar refractivity (Wildman–Crippen MR) is 77.8 cm³/mol. The number of rotatable bonds is 7. The molecule has 0 fully saturated rings. The Labute approximate surface area is 123 Å². The van der Waals surface area contributed by atoms with Gasteiger partial charge in [-0.05, 0) is 24.1 Å². The Morgan fingerprint density at radius 2 is 1.81 bits per heavy atom. The average molecular weight is 313 g/mol. The zero-order valence-electron chi connectivity index (χ0n) is 11.7. The highest BCUT2D eigenvalue weighted by molar-refractivity contribution is 7.90. The predicted octanol–water partition coefficient (Wildman–Crippen LogP) is -0.701. The van der Waals surface area contributed by atoms with E-state index in [4.69, 9.17) is 11.5 Å². The molecule has 1 atom stereocenters. The van der Waals surface area contributed by atoms with Crippen LogP contribution in [0.3, 0.4) is 0 Å². The van der Waals surface area contributed by atoms with Gasteiger partial charge in [0, 0.05) is 19.2 Å².